The molecule has 0 aliphatic rings. The maximum absolute atomic E-state index is 12.1. The monoisotopic (exact) mass is 383 g/mol. The number of aryl methyl sites for hydroxylation is 2. The zero-order valence-corrected chi connectivity index (χ0v) is 15.4. The normalized spacial score (nSPS) is 11.3. The Labute approximate surface area is 149 Å². The second-order valence-electron chi connectivity index (χ2n) is 5.80. The third-order valence-corrected chi connectivity index (χ3v) is 4.36. The molecule has 0 saturated carbocycles. The van der Waals surface area contributed by atoms with Crippen molar-refractivity contribution in [3.05, 3.63) is 63.8 Å². The van der Waals surface area contributed by atoms with Gasteiger partial charge in [-0.25, -0.2) is 5.01 Å². The molecular weight excluding hydrogens is 366 g/mol. The number of hydrazone groups is 1. The second kappa shape index (κ2) is 6.61. The highest BCUT2D eigenvalue weighted by Gasteiger charge is 2.13. The number of anilines is 1. The van der Waals surface area contributed by atoms with Gasteiger partial charge >= 0.3 is 0 Å². The van der Waals surface area contributed by atoms with Gasteiger partial charge in [-0.05, 0) is 43.7 Å². The fourth-order valence-electron chi connectivity index (χ4n) is 2.70. The summed E-state index contributed by atoms with van der Waals surface area (Å²) in [5.41, 5.74) is 4.93. The number of H-pyrrole nitrogens is 1. The lowest BCUT2D eigenvalue weighted by molar-refractivity contribution is -0.116. The summed E-state index contributed by atoms with van der Waals surface area (Å²) < 4.78 is 1.00. The van der Waals surface area contributed by atoms with Crippen LogP contribution in [0.3, 0.4) is 0 Å². The minimum Gasteiger partial charge on any atom is -0.361 e. The Balaban J connectivity index is 1.99. The van der Waals surface area contributed by atoms with Crippen LogP contribution in [-0.2, 0) is 4.79 Å². The van der Waals surface area contributed by atoms with Gasteiger partial charge in [-0.1, -0.05) is 33.6 Å². The molecule has 5 heteroatoms. The van der Waals surface area contributed by atoms with E-state index in [1.807, 2.05) is 56.4 Å². The van der Waals surface area contributed by atoms with Crippen LogP contribution >= 0.6 is 15.9 Å². The molecule has 4 nitrogen and oxygen atoms in total. The molecular formula is C19H18BrN3O. The van der Waals surface area contributed by atoms with Gasteiger partial charge in [0.15, 0.2) is 0 Å². The third kappa shape index (κ3) is 3.26. The molecule has 0 atom stereocenters. The Hall–Kier alpha value is -2.40. The molecule has 2 aromatic carbocycles. The summed E-state index contributed by atoms with van der Waals surface area (Å²) in [6.07, 6.45) is 3.60. The van der Waals surface area contributed by atoms with Crippen molar-refractivity contribution in [1.82, 2.24) is 4.98 Å². The number of hydrogen-bond donors (Lipinski definition) is 1. The zero-order chi connectivity index (χ0) is 17.3. The van der Waals surface area contributed by atoms with Crippen molar-refractivity contribution in [2.24, 2.45) is 5.10 Å². The maximum atomic E-state index is 12.1. The second-order valence-corrected chi connectivity index (χ2v) is 6.71. The summed E-state index contributed by atoms with van der Waals surface area (Å²) in [5.74, 6) is -0.126. The van der Waals surface area contributed by atoms with Crippen LogP contribution in [0.4, 0.5) is 5.69 Å². The fourth-order valence-corrected chi connectivity index (χ4v) is 3.06. The quantitative estimate of drug-likeness (QED) is 0.505. The number of halogens is 1. The smallest absolute Gasteiger partial charge is 0.244 e. The van der Waals surface area contributed by atoms with E-state index in [0.717, 1.165) is 37.8 Å². The molecule has 0 radical (unpaired) electrons. The van der Waals surface area contributed by atoms with E-state index in [2.05, 4.69) is 26.0 Å². The number of hydrogen-bond acceptors (Lipinski definition) is 2. The number of carbonyl (C=O) groups excluding carboxylic acids is 1. The number of nitrogens with zero attached hydrogens (tertiary/aromatic N) is 2. The molecule has 1 aromatic heterocycles. The predicted octanol–water partition coefficient (Wildman–Crippen LogP) is 4.93. The van der Waals surface area contributed by atoms with E-state index in [1.165, 1.54) is 11.9 Å². The third-order valence-electron chi connectivity index (χ3n) is 3.87. The van der Waals surface area contributed by atoms with Crippen LogP contribution in [0.5, 0.6) is 0 Å². The van der Waals surface area contributed by atoms with Crippen LogP contribution in [0, 0.1) is 13.8 Å². The van der Waals surface area contributed by atoms with Crippen molar-refractivity contribution in [2.45, 2.75) is 20.8 Å². The van der Waals surface area contributed by atoms with E-state index in [1.54, 1.807) is 6.21 Å². The number of amides is 1. The van der Waals surface area contributed by atoms with Crippen molar-refractivity contribution in [3.8, 4) is 0 Å². The van der Waals surface area contributed by atoms with Gasteiger partial charge in [-0.15, -0.1) is 0 Å². The molecule has 0 aliphatic heterocycles. The van der Waals surface area contributed by atoms with Gasteiger partial charge in [0.1, 0.15) is 0 Å². The molecule has 0 unspecified atom stereocenters. The molecule has 1 amide bonds. The van der Waals surface area contributed by atoms with Crippen LogP contribution in [0.25, 0.3) is 10.9 Å². The van der Waals surface area contributed by atoms with Gasteiger partial charge in [-0.3, -0.25) is 4.79 Å². The lowest BCUT2D eigenvalue weighted by Crippen LogP contribution is -2.23. The lowest BCUT2D eigenvalue weighted by atomic mass is 10.1. The van der Waals surface area contributed by atoms with Crippen LogP contribution in [0.1, 0.15) is 23.6 Å². The van der Waals surface area contributed by atoms with Crippen molar-refractivity contribution in [1.29, 1.82) is 0 Å². The van der Waals surface area contributed by atoms with Crippen molar-refractivity contribution in [2.75, 3.05) is 5.01 Å². The number of aromatic nitrogens is 1. The SMILES string of the molecule is CC(=O)N(/N=C/c1c[nH]c2ccc(Br)cc12)c1ccc(C)cc1C. The first-order valence-corrected chi connectivity index (χ1v) is 8.43. The van der Waals surface area contributed by atoms with Gasteiger partial charge in [0, 0.05) is 34.1 Å². The highest BCUT2D eigenvalue weighted by molar-refractivity contribution is 9.10. The Morgan fingerprint density at radius 2 is 2.00 bits per heavy atom. The summed E-state index contributed by atoms with van der Waals surface area (Å²) >= 11 is 3.48. The molecule has 3 aromatic rings. The van der Waals surface area contributed by atoms with E-state index in [4.69, 9.17) is 0 Å². The van der Waals surface area contributed by atoms with Gasteiger partial charge in [0.05, 0.1) is 11.9 Å². The average Bonchev–Trinajstić information content (AvgIpc) is 2.91. The molecule has 0 spiro atoms. The van der Waals surface area contributed by atoms with E-state index in [9.17, 15) is 4.79 Å². The Morgan fingerprint density at radius 3 is 2.71 bits per heavy atom. The number of nitrogens with one attached hydrogen (secondary N) is 1. The Morgan fingerprint density at radius 1 is 1.21 bits per heavy atom. The summed E-state index contributed by atoms with van der Waals surface area (Å²) in [6.45, 7) is 5.53. The molecule has 1 heterocycles. The molecule has 0 fully saturated rings. The number of fused-ring (bicyclic) bond motifs is 1. The van der Waals surface area contributed by atoms with Gasteiger partial charge in [0.2, 0.25) is 5.91 Å². The van der Waals surface area contributed by atoms with E-state index < -0.39 is 0 Å². The molecule has 3 rings (SSSR count). The van der Waals surface area contributed by atoms with Crippen molar-refractivity contribution >= 4 is 44.6 Å². The first-order chi connectivity index (χ1) is 11.5. The minimum atomic E-state index is -0.126. The van der Waals surface area contributed by atoms with Crippen molar-refractivity contribution in [3.63, 3.8) is 0 Å². The van der Waals surface area contributed by atoms with E-state index in [-0.39, 0.29) is 5.91 Å². The number of aromatic amines is 1. The van der Waals surface area contributed by atoms with Crippen LogP contribution < -0.4 is 5.01 Å². The largest absolute Gasteiger partial charge is 0.361 e. The molecule has 0 bridgehead atoms. The zero-order valence-electron chi connectivity index (χ0n) is 13.8. The Kier molecular flexibility index (Phi) is 4.53. The van der Waals surface area contributed by atoms with Gasteiger partial charge in [0.25, 0.3) is 0 Å². The topological polar surface area (TPSA) is 48.5 Å². The summed E-state index contributed by atoms with van der Waals surface area (Å²) in [6, 6.07) is 12.0. The summed E-state index contributed by atoms with van der Waals surface area (Å²) in [7, 11) is 0. The van der Waals surface area contributed by atoms with Crippen LogP contribution in [0.2, 0.25) is 0 Å². The average molecular weight is 384 g/mol. The number of benzene rings is 2. The predicted molar refractivity (Wildman–Crippen MR) is 103 cm³/mol. The highest BCUT2D eigenvalue weighted by atomic mass is 79.9. The fraction of sp³-hybridized carbons (Fsp3) is 0.158. The molecule has 1 N–H and O–H groups in total. The first kappa shape index (κ1) is 16.5. The molecule has 122 valence electrons. The summed E-state index contributed by atoms with van der Waals surface area (Å²) in [4.78, 5) is 15.3. The standard InChI is InChI=1S/C19H18BrN3O/c1-12-4-7-19(13(2)8-12)23(14(3)24)22-11-15-10-21-18-6-5-16(20)9-17(15)18/h4-11,21H,1-3H3/b22-11+. The molecule has 0 saturated heterocycles. The number of rotatable bonds is 3. The highest BCUT2D eigenvalue weighted by Crippen LogP contribution is 2.24. The van der Waals surface area contributed by atoms with Gasteiger partial charge in [-0.2, -0.15) is 5.10 Å². The van der Waals surface area contributed by atoms with Crippen molar-refractivity contribution < 1.29 is 4.79 Å². The van der Waals surface area contributed by atoms with Crippen LogP contribution in [-0.4, -0.2) is 17.1 Å². The Bertz CT molecular complexity index is 943. The lowest BCUT2D eigenvalue weighted by Gasteiger charge is -2.17. The maximum Gasteiger partial charge on any atom is 0.244 e. The van der Waals surface area contributed by atoms with E-state index >= 15 is 0 Å². The molecule has 24 heavy (non-hydrogen) atoms. The van der Waals surface area contributed by atoms with Gasteiger partial charge < -0.3 is 4.98 Å². The number of carbonyl (C=O) groups is 1. The van der Waals surface area contributed by atoms with Crippen LogP contribution in [0.15, 0.2) is 52.2 Å². The first-order valence-electron chi connectivity index (χ1n) is 7.64. The molecule has 0 aliphatic carbocycles. The van der Waals surface area contributed by atoms with E-state index in [0.29, 0.717) is 0 Å². The minimum absolute atomic E-state index is 0.126. The summed E-state index contributed by atoms with van der Waals surface area (Å²) in [5, 5.41) is 6.92.